The predicted molar refractivity (Wildman–Crippen MR) is 96.3 cm³/mol. The van der Waals surface area contributed by atoms with E-state index in [1.54, 1.807) is 0 Å². The lowest BCUT2D eigenvalue weighted by Gasteiger charge is -2.19. The zero-order valence-electron chi connectivity index (χ0n) is 15.3. The molecule has 2 aliphatic rings. The number of aromatic nitrogens is 3. The molecule has 2 N–H and O–H groups in total. The average Bonchev–Trinajstić information content (AvgIpc) is 3.33. The van der Waals surface area contributed by atoms with E-state index in [9.17, 15) is 14.7 Å². The van der Waals surface area contributed by atoms with Crippen LogP contribution in [-0.4, -0.2) is 44.5 Å². The molecule has 3 heterocycles. The maximum absolute atomic E-state index is 12.9. The molecule has 144 valence electrons. The summed E-state index contributed by atoms with van der Waals surface area (Å²) in [7, 11) is 0. The van der Waals surface area contributed by atoms with Crippen molar-refractivity contribution < 1.29 is 19.4 Å². The molecule has 27 heavy (non-hydrogen) atoms. The molecule has 0 aromatic carbocycles. The number of ether oxygens (including phenoxy) is 2. The summed E-state index contributed by atoms with van der Waals surface area (Å²) in [6, 6.07) is 0.0664. The highest BCUT2D eigenvalue weighted by molar-refractivity contribution is 5.96. The lowest BCUT2D eigenvalue weighted by Crippen LogP contribution is -2.34. The molecule has 4 rings (SSSR count). The van der Waals surface area contributed by atoms with Crippen LogP contribution in [0.25, 0.3) is 11.4 Å². The second kappa shape index (κ2) is 6.64. The van der Waals surface area contributed by atoms with Crippen molar-refractivity contribution in [1.82, 2.24) is 19.5 Å². The average molecular weight is 374 g/mol. The van der Waals surface area contributed by atoms with E-state index in [4.69, 9.17) is 9.47 Å². The first-order valence-electron chi connectivity index (χ1n) is 9.06. The van der Waals surface area contributed by atoms with E-state index in [1.165, 1.54) is 17.0 Å². The molecule has 1 amide bonds. The van der Waals surface area contributed by atoms with Gasteiger partial charge in [0.2, 0.25) is 5.88 Å². The van der Waals surface area contributed by atoms with Crippen molar-refractivity contribution in [2.45, 2.75) is 39.3 Å². The zero-order valence-corrected chi connectivity index (χ0v) is 15.3. The largest absolute Gasteiger partial charge is 0.494 e. The van der Waals surface area contributed by atoms with Gasteiger partial charge in [-0.05, 0) is 18.8 Å². The van der Waals surface area contributed by atoms with E-state index in [0.29, 0.717) is 36.7 Å². The number of nitrogens with one attached hydrogen (secondary N) is 1. The Kier molecular flexibility index (Phi) is 4.29. The summed E-state index contributed by atoms with van der Waals surface area (Å²) in [6.07, 6.45) is 4.71. The van der Waals surface area contributed by atoms with Gasteiger partial charge >= 0.3 is 0 Å². The number of nitrogens with zero attached hydrogens (tertiary/aromatic N) is 3. The number of hydrogen-bond acceptors (Lipinski definition) is 6. The summed E-state index contributed by atoms with van der Waals surface area (Å²) in [5.74, 6) is -0.351. The highest BCUT2D eigenvalue weighted by atomic mass is 16.6. The lowest BCUT2D eigenvalue weighted by atomic mass is 10.2. The van der Waals surface area contributed by atoms with Crippen LogP contribution >= 0.6 is 0 Å². The third-order valence-electron chi connectivity index (χ3n) is 4.49. The Hall–Kier alpha value is -2.97. The third-order valence-corrected chi connectivity index (χ3v) is 4.49. The molecule has 2 aromatic heterocycles. The SMILES string of the molecule is CC(C)Cn1c(O)c(C(=O)NC2CC2)c(=O)n2ncc(C3=COCCO3)c12. The molecule has 1 aliphatic carbocycles. The first-order chi connectivity index (χ1) is 13.0. The molecule has 1 saturated carbocycles. The number of rotatable bonds is 5. The summed E-state index contributed by atoms with van der Waals surface area (Å²) in [6.45, 7) is 5.18. The second-order valence-electron chi connectivity index (χ2n) is 7.25. The molecule has 0 unspecified atom stereocenters. The van der Waals surface area contributed by atoms with Gasteiger partial charge in [-0.3, -0.25) is 14.2 Å². The van der Waals surface area contributed by atoms with Crippen LogP contribution in [0, 0.1) is 5.92 Å². The number of amides is 1. The first-order valence-corrected chi connectivity index (χ1v) is 9.06. The smallest absolute Gasteiger partial charge is 0.291 e. The molecule has 2 aromatic rings. The fourth-order valence-corrected chi connectivity index (χ4v) is 3.09. The van der Waals surface area contributed by atoms with Gasteiger partial charge in [-0.1, -0.05) is 13.8 Å². The van der Waals surface area contributed by atoms with Crippen molar-refractivity contribution in [2.24, 2.45) is 5.92 Å². The van der Waals surface area contributed by atoms with E-state index in [0.717, 1.165) is 17.4 Å². The highest BCUT2D eigenvalue weighted by Gasteiger charge is 2.30. The van der Waals surface area contributed by atoms with Gasteiger partial charge < -0.3 is 19.9 Å². The van der Waals surface area contributed by atoms with E-state index >= 15 is 0 Å². The van der Waals surface area contributed by atoms with Crippen LogP contribution in [0.4, 0.5) is 0 Å². The Labute approximate surface area is 155 Å². The minimum Gasteiger partial charge on any atom is -0.494 e. The maximum atomic E-state index is 12.9. The molecular weight excluding hydrogens is 352 g/mol. The summed E-state index contributed by atoms with van der Waals surface area (Å²) < 4.78 is 13.6. The summed E-state index contributed by atoms with van der Waals surface area (Å²) >= 11 is 0. The van der Waals surface area contributed by atoms with Crippen LogP contribution < -0.4 is 10.9 Å². The van der Waals surface area contributed by atoms with E-state index in [1.807, 2.05) is 13.8 Å². The van der Waals surface area contributed by atoms with Crippen molar-refractivity contribution in [3.8, 4) is 5.88 Å². The molecular formula is C18H22N4O5. The monoisotopic (exact) mass is 374 g/mol. The van der Waals surface area contributed by atoms with Gasteiger partial charge in [-0.25, -0.2) is 0 Å². The Balaban J connectivity index is 1.93. The Morgan fingerprint density at radius 1 is 1.41 bits per heavy atom. The van der Waals surface area contributed by atoms with Crippen LogP contribution in [0.5, 0.6) is 5.88 Å². The quantitative estimate of drug-likeness (QED) is 0.811. The Morgan fingerprint density at radius 3 is 2.81 bits per heavy atom. The van der Waals surface area contributed by atoms with Gasteiger partial charge in [-0.2, -0.15) is 9.61 Å². The van der Waals surface area contributed by atoms with Crippen molar-refractivity contribution in [3.63, 3.8) is 0 Å². The fraction of sp³-hybridized carbons (Fsp3) is 0.500. The number of carbonyl (C=O) groups is 1. The van der Waals surface area contributed by atoms with Gasteiger partial charge in [0, 0.05) is 12.6 Å². The molecule has 0 atom stereocenters. The molecule has 1 aliphatic heterocycles. The predicted octanol–water partition coefficient (Wildman–Crippen LogP) is 1.09. The van der Waals surface area contributed by atoms with E-state index in [-0.39, 0.29) is 23.4 Å². The Morgan fingerprint density at radius 2 is 2.19 bits per heavy atom. The summed E-state index contributed by atoms with van der Waals surface area (Å²) in [5.41, 5.74) is -0.0634. The standard InChI is InChI=1S/C18H22N4O5/c1-10(2)8-21-16-12(13-9-26-5-6-27-13)7-19-22(16)18(25)14(17(21)24)15(23)20-11-3-4-11/h7,9-11,24H,3-6,8H2,1-2H3,(H,20,23). The number of aromatic hydroxyl groups is 1. The molecule has 0 radical (unpaired) electrons. The second-order valence-corrected chi connectivity index (χ2v) is 7.25. The summed E-state index contributed by atoms with van der Waals surface area (Å²) in [4.78, 5) is 25.4. The Bertz CT molecular complexity index is 984. The van der Waals surface area contributed by atoms with Gasteiger partial charge in [0.1, 0.15) is 19.5 Å². The van der Waals surface area contributed by atoms with Crippen molar-refractivity contribution >= 4 is 17.3 Å². The third kappa shape index (κ3) is 3.13. The molecule has 9 nitrogen and oxygen atoms in total. The van der Waals surface area contributed by atoms with Gasteiger partial charge in [0.15, 0.2) is 17.0 Å². The first kappa shape index (κ1) is 17.4. The normalized spacial score (nSPS) is 16.8. The molecule has 9 heteroatoms. The minimum absolute atomic E-state index is 0.0664. The van der Waals surface area contributed by atoms with Gasteiger partial charge in [0.25, 0.3) is 11.5 Å². The van der Waals surface area contributed by atoms with Crippen LogP contribution in [0.1, 0.15) is 42.6 Å². The van der Waals surface area contributed by atoms with Crippen LogP contribution in [0.2, 0.25) is 0 Å². The van der Waals surface area contributed by atoms with Crippen molar-refractivity contribution in [1.29, 1.82) is 0 Å². The number of carbonyl (C=O) groups excluding carboxylic acids is 1. The number of fused-ring (bicyclic) bond motifs is 1. The lowest BCUT2D eigenvalue weighted by molar-refractivity contribution is 0.0944. The fourth-order valence-electron chi connectivity index (χ4n) is 3.09. The van der Waals surface area contributed by atoms with E-state index in [2.05, 4.69) is 10.4 Å². The zero-order chi connectivity index (χ0) is 19.1. The number of hydrogen-bond donors (Lipinski definition) is 2. The van der Waals surface area contributed by atoms with Gasteiger partial charge in [-0.15, -0.1) is 0 Å². The van der Waals surface area contributed by atoms with Crippen molar-refractivity contribution in [2.75, 3.05) is 13.2 Å². The molecule has 0 spiro atoms. The molecule has 0 saturated heterocycles. The highest BCUT2D eigenvalue weighted by Crippen LogP contribution is 2.28. The topological polar surface area (TPSA) is 107 Å². The summed E-state index contributed by atoms with van der Waals surface area (Å²) in [5, 5.41) is 17.7. The molecule has 0 bridgehead atoms. The maximum Gasteiger partial charge on any atom is 0.291 e. The molecule has 1 fully saturated rings. The van der Waals surface area contributed by atoms with Crippen LogP contribution in [0.15, 0.2) is 17.3 Å². The van der Waals surface area contributed by atoms with Crippen LogP contribution in [-0.2, 0) is 16.0 Å². The minimum atomic E-state index is -0.663. The van der Waals surface area contributed by atoms with Gasteiger partial charge in [0.05, 0.1) is 11.8 Å². The van der Waals surface area contributed by atoms with E-state index < -0.39 is 11.5 Å². The van der Waals surface area contributed by atoms with Crippen LogP contribution in [0.3, 0.4) is 0 Å². The van der Waals surface area contributed by atoms with Crippen molar-refractivity contribution in [3.05, 3.63) is 33.9 Å².